The first-order valence-electron chi connectivity index (χ1n) is 9.60. The number of aromatic nitrogens is 3. The normalized spacial score (nSPS) is 18.1. The molecule has 1 aromatic carbocycles. The Hall–Kier alpha value is -4.15. The summed E-state index contributed by atoms with van der Waals surface area (Å²) in [5, 5.41) is 12.8. The number of hydrogen-bond donors (Lipinski definition) is 6. The summed E-state index contributed by atoms with van der Waals surface area (Å²) in [5.41, 5.74) is -0.511. The van der Waals surface area contributed by atoms with Crippen molar-refractivity contribution in [2.75, 3.05) is 6.54 Å². The third-order valence-corrected chi connectivity index (χ3v) is 5.48. The van der Waals surface area contributed by atoms with E-state index in [4.69, 9.17) is 0 Å². The predicted octanol–water partition coefficient (Wildman–Crippen LogP) is -0.363. The number of amides is 4. The zero-order chi connectivity index (χ0) is 22.2. The van der Waals surface area contributed by atoms with Crippen molar-refractivity contribution < 1.29 is 14.4 Å². The average molecular weight is 424 g/mol. The number of benzene rings is 1. The first-order chi connectivity index (χ1) is 14.8. The lowest BCUT2D eigenvalue weighted by Crippen LogP contribution is -2.52. The van der Waals surface area contributed by atoms with Crippen LogP contribution in [0.5, 0.6) is 0 Å². The molecule has 160 valence electrons. The molecule has 1 fully saturated rings. The molecule has 1 saturated heterocycles. The zero-order valence-corrected chi connectivity index (χ0v) is 16.5. The molecule has 31 heavy (non-hydrogen) atoms. The summed E-state index contributed by atoms with van der Waals surface area (Å²) in [6, 6.07) is 7.95. The summed E-state index contributed by atoms with van der Waals surface area (Å²) in [6.45, 7) is 1.50. The Labute approximate surface area is 174 Å². The number of aromatic amines is 3. The molecule has 0 saturated carbocycles. The lowest BCUT2D eigenvalue weighted by atomic mass is 9.89. The third-order valence-electron chi connectivity index (χ3n) is 5.48. The van der Waals surface area contributed by atoms with Gasteiger partial charge in [-0.05, 0) is 24.5 Å². The number of nitrogens with one attached hydrogen (secondary N) is 6. The molecule has 2 aromatic heterocycles. The van der Waals surface area contributed by atoms with Gasteiger partial charge in [0.1, 0.15) is 5.65 Å². The maximum atomic E-state index is 12.5. The largest absolute Gasteiger partial charge is 0.353 e. The number of carbonyl (C=O) groups excluding carboxylic acids is 3. The van der Waals surface area contributed by atoms with Gasteiger partial charge in [-0.25, -0.2) is 4.79 Å². The van der Waals surface area contributed by atoms with Gasteiger partial charge in [-0.2, -0.15) is 0 Å². The van der Waals surface area contributed by atoms with Crippen LogP contribution in [-0.2, 0) is 21.5 Å². The summed E-state index contributed by atoms with van der Waals surface area (Å²) in [6.07, 6.45) is 0.0582. The Morgan fingerprint density at radius 3 is 2.45 bits per heavy atom. The van der Waals surface area contributed by atoms with E-state index in [1.54, 1.807) is 37.3 Å². The Morgan fingerprint density at radius 2 is 1.77 bits per heavy atom. The van der Waals surface area contributed by atoms with Crippen LogP contribution in [0.1, 0.15) is 23.1 Å². The van der Waals surface area contributed by atoms with Crippen LogP contribution in [0.2, 0.25) is 0 Å². The molecule has 1 aliphatic rings. The average Bonchev–Trinajstić information content (AvgIpc) is 3.25. The predicted molar refractivity (Wildman–Crippen MR) is 110 cm³/mol. The van der Waals surface area contributed by atoms with Gasteiger partial charge in [0.25, 0.3) is 17.0 Å². The van der Waals surface area contributed by atoms with Crippen molar-refractivity contribution in [2.45, 2.75) is 25.3 Å². The fourth-order valence-corrected chi connectivity index (χ4v) is 3.82. The van der Waals surface area contributed by atoms with E-state index in [1.807, 2.05) is 0 Å². The summed E-state index contributed by atoms with van der Waals surface area (Å²) in [5.74, 6) is -0.973. The topological polar surface area (TPSA) is 169 Å². The minimum absolute atomic E-state index is 0.0435. The van der Waals surface area contributed by atoms with Gasteiger partial charge in [-0.3, -0.25) is 34.7 Å². The number of pyridine rings is 1. The Balaban J connectivity index is 1.49. The summed E-state index contributed by atoms with van der Waals surface area (Å²) in [7, 11) is 0. The second kappa shape index (κ2) is 7.59. The molecule has 11 heteroatoms. The number of urea groups is 1. The van der Waals surface area contributed by atoms with Gasteiger partial charge in [0.2, 0.25) is 5.91 Å². The molecule has 6 N–H and O–H groups in total. The summed E-state index contributed by atoms with van der Waals surface area (Å²) in [4.78, 5) is 63.6. The van der Waals surface area contributed by atoms with E-state index < -0.39 is 28.9 Å². The van der Waals surface area contributed by atoms with Crippen LogP contribution in [0.4, 0.5) is 4.79 Å². The molecule has 3 aromatic rings. The van der Waals surface area contributed by atoms with Crippen LogP contribution >= 0.6 is 0 Å². The van der Waals surface area contributed by atoms with E-state index in [0.717, 1.165) is 0 Å². The highest BCUT2D eigenvalue weighted by atomic mass is 16.2. The van der Waals surface area contributed by atoms with Crippen molar-refractivity contribution >= 4 is 28.9 Å². The van der Waals surface area contributed by atoms with E-state index in [2.05, 4.69) is 31.1 Å². The van der Waals surface area contributed by atoms with E-state index in [9.17, 15) is 24.0 Å². The second-order valence-electron chi connectivity index (χ2n) is 7.34. The maximum absolute atomic E-state index is 12.5. The molecule has 0 spiro atoms. The standard InChI is InChI=1S/C20H20N6O5/c1-10-12(16(28)22-15-14(10)17(29)26-25-15)7-8-13(27)21-9-20(11-5-3-2-4-6-11)18(30)23-19(31)24-20/h2-6H,7-9H2,1H3,(H,21,27)(H2,23,24,30,31)(H3,22,25,26,28,29). The number of fused-ring (bicyclic) bond motifs is 1. The van der Waals surface area contributed by atoms with E-state index in [0.29, 0.717) is 27.7 Å². The molecule has 4 rings (SSSR count). The zero-order valence-electron chi connectivity index (χ0n) is 16.5. The van der Waals surface area contributed by atoms with Gasteiger partial charge in [0.15, 0.2) is 5.54 Å². The lowest BCUT2D eigenvalue weighted by molar-refractivity contribution is -0.125. The van der Waals surface area contributed by atoms with Gasteiger partial charge < -0.3 is 15.6 Å². The Kier molecular flexibility index (Phi) is 4.93. The van der Waals surface area contributed by atoms with Crippen molar-refractivity contribution in [3.05, 3.63) is 67.7 Å². The third kappa shape index (κ3) is 3.50. The van der Waals surface area contributed by atoms with Crippen molar-refractivity contribution in [3.8, 4) is 0 Å². The van der Waals surface area contributed by atoms with Crippen LogP contribution in [0.15, 0.2) is 39.9 Å². The molecule has 0 bridgehead atoms. The Morgan fingerprint density at radius 1 is 1.03 bits per heavy atom. The quantitative estimate of drug-likeness (QED) is 0.296. The molecule has 0 radical (unpaired) electrons. The first kappa shape index (κ1) is 20.1. The second-order valence-corrected chi connectivity index (χ2v) is 7.34. The SMILES string of the molecule is Cc1c(CCC(=O)NCC2(c3ccccc3)NC(=O)NC2=O)c(=O)[nH]c2[nH][nH]c(=O)c12. The van der Waals surface area contributed by atoms with Crippen molar-refractivity contribution in [1.82, 2.24) is 31.1 Å². The van der Waals surface area contributed by atoms with Gasteiger partial charge in [-0.1, -0.05) is 30.3 Å². The monoisotopic (exact) mass is 424 g/mol. The maximum Gasteiger partial charge on any atom is 0.322 e. The fraction of sp³-hybridized carbons (Fsp3) is 0.250. The molecule has 4 amide bonds. The van der Waals surface area contributed by atoms with E-state index >= 15 is 0 Å². The van der Waals surface area contributed by atoms with Crippen LogP contribution in [0.25, 0.3) is 11.0 Å². The number of aryl methyl sites for hydroxylation is 1. The highest BCUT2D eigenvalue weighted by molar-refractivity contribution is 6.07. The van der Waals surface area contributed by atoms with Gasteiger partial charge in [-0.15, -0.1) is 0 Å². The molecule has 3 heterocycles. The lowest BCUT2D eigenvalue weighted by Gasteiger charge is -2.26. The van der Waals surface area contributed by atoms with Crippen molar-refractivity contribution in [1.29, 1.82) is 0 Å². The number of hydrogen-bond acceptors (Lipinski definition) is 5. The molecular weight excluding hydrogens is 404 g/mol. The minimum atomic E-state index is -1.42. The first-order valence-corrected chi connectivity index (χ1v) is 9.60. The Bertz CT molecular complexity index is 1310. The number of imide groups is 1. The number of carbonyl (C=O) groups is 3. The van der Waals surface area contributed by atoms with Gasteiger partial charge in [0.05, 0.1) is 11.9 Å². The number of rotatable bonds is 6. The molecule has 0 aliphatic carbocycles. The minimum Gasteiger partial charge on any atom is -0.353 e. The van der Waals surface area contributed by atoms with Crippen LogP contribution < -0.4 is 27.1 Å². The smallest absolute Gasteiger partial charge is 0.322 e. The highest BCUT2D eigenvalue weighted by Crippen LogP contribution is 2.24. The molecular formula is C20H20N6O5. The van der Waals surface area contributed by atoms with Crippen LogP contribution in [0.3, 0.4) is 0 Å². The molecule has 1 atom stereocenters. The highest BCUT2D eigenvalue weighted by Gasteiger charge is 2.47. The van der Waals surface area contributed by atoms with Crippen LogP contribution in [-0.4, -0.2) is 39.6 Å². The molecule has 11 nitrogen and oxygen atoms in total. The van der Waals surface area contributed by atoms with Crippen molar-refractivity contribution in [3.63, 3.8) is 0 Å². The summed E-state index contributed by atoms with van der Waals surface area (Å²) >= 11 is 0. The van der Waals surface area contributed by atoms with Crippen LogP contribution in [0, 0.1) is 6.92 Å². The fourth-order valence-electron chi connectivity index (χ4n) is 3.82. The molecule has 1 unspecified atom stereocenters. The van der Waals surface area contributed by atoms with Gasteiger partial charge >= 0.3 is 6.03 Å². The number of H-pyrrole nitrogens is 3. The van der Waals surface area contributed by atoms with E-state index in [-0.39, 0.29) is 24.9 Å². The van der Waals surface area contributed by atoms with Crippen molar-refractivity contribution in [2.24, 2.45) is 0 Å². The summed E-state index contributed by atoms with van der Waals surface area (Å²) < 4.78 is 0. The van der Waals surface area contributed by atoms with Gasteiger partial charge in [0, 0.05) is 12.0 Å². The van der Waals surface area contributed by atoms with E-state index in [1.165, 1.54) is 0 Å². The molecule has 1 aliphatic heterocycles.